The molecule has 9 nitrogen and oxygen atoms in total. The fourth-order valence-electron chi connectivity index (χ4n) is 3.54. The van der Waals surface area contributed by atoms with E-state index in [9.17, 15) is 25.2 Å². The standard InChI is InChI=1S/C16H25NO4.C13H21NO3/c1-12(2)17-10-14(18)11-21-15-7-4-13(5-8-15)6-9-16(19)20-3;1-4-10(14-8(2)3)13(17)9-5-6-11(15)12(16)7-9/h4-5,7-8,12,14,17-18H,6,9-11H2,1-3H3;5-8,10,13-17H,4H2,1-3H3. The third-order valence-corrected chi connectivity index (χ3v) is 5.68. The van der Waals surface area contributed by atoms with Gasteiger partial charge in [0.05, 0.1) is 13.2 Å². The Balaban J connectivity index is 0.000000389. The number of aliphatic hydroxyl groups is 2. The fraction of sp³-hybridized carbons (Fsp3) is 0.552. The van der Waals surface area contributed by atoms with Crippen molar-refractivity contribution >= 4 is 5.97 Å². The summed E-state index contributed by atoms with van der Waals surface area (Å²) in [6.45, 7) is 10.8. The number of ether oxygens (including phenoxy) is 2. The minimum Gasteiger partial charge on any atom is -0.504 e. The van der Waals surface area contributed by atoms with Crippen molar-refractivity contribution in [3.05, 3.63) is 53.6 Å². The Morgan fingerprint density at radius 1 is 0.947 bits per heavy atom. The second-order valence-electron chi connectivity index (χ2n) is 9.78. The topological polar surface area (TPSA) is 141 Å². The number of benzene rings is 2. The SMILES string of the molecule is CCC(NC(C)C)C(O)c1ccc(O)c(O)c1.COC(=O)CCc1ccc(OCC(O)CNC(C)C)cc1. The molecule has 0 saturated carbocycles. The van der Waals surface area contributed by atoms with Gasteiger partial charge in [-0.15, -0.1) is 0 Å². The molecule has 9 heteroatoms. The molecule has 0 radical (unpaired) electrons. The highest BCUT2D eigenvalue weighted by Gasteiger charge is 2.20. The van der Waals surface area contributed by atoms with Crippen molar-refractivity contribution in [3.8, 4) is 17.2 Å². The van der Waals surface area contributed by atoms with Crippen molar-refractivity contribution < 1.29 is 34.7 Å². The van der Waals surface area contributed by atoms with Gasteiger partial charge in [0, 0.05) is 31.1 Å². The molecule has 3 atom stereocenters. The van der Waals surface area contributed by atoms with Crippen LogP contribution in [0.4, 0.5) is 0 Å². The third-order valence-electron chi connectivity index (χ3n) is 5.68. The van der Waals surface area contributed by atoms with Crippen LogP contribution < -0.4 is 15.4 Å². The normalized spacial score (nSPS) is 13.4. The van der Waals surface area contributed by atoms with Crippen molar-refractivity contribution in [2.75, 3.05) is 20.3 Å². The van der Waals surface area contributed by atoms with Crippen LogP contribution in [0.1, 0.15) is 64.7 Å². The monoisotopic (exact) mass is 534 g/mol. The Morgan fingerprint density at radius 2 is 1.61 bits per heavy atom. The van der Waals surface area contributed by atoms with Crippen molar-refractivity contribution in [2.24, 2.45) is 0 Å². The molecule has 0 bridgehead atoms. The van der Waals surface area contributed by atoms with Crippen molar-refractivity contribution in [2.45, 2.75) is 84.2 Å². The summed E-state index contributed by atoms with van der Waals surface area (Å²) in [6, 6.07) is 12.5. The first kappa shape index (κ1) is 33.2. The quantitative estimate of drug-likeness (QED) is 0.159. The lowest BCUT2D eigenvalue weighted by Gasteiger charge is -2.25. The summed E-state index contributed by atoms with van der Waals surface area (Å²) in [7, 11) is 1.39. The number of rotatable bonds is 14. The molecule has 0 aliphatic rings. The minimum absolute atomic E-state index is 0.0704. The Kier molecular flexibility index (Phi) is 15.4. The minimum atomic E-state index is -0.700. The van der Waals surface area contributed by atoms with Gasteiger partial charge in [0.2, 0.25) is 0 Å². The van der Waals surface area contributed by atoms with Crippen LogP contribution in [0.5, 0.6) is 17.2 Å². The first-order valence-electron chi connectivity index (χ1n) is 13.1. The molecule has 38 heavy (non-hydrogen) atoms. The molecule has 6 N–H and O–H groups in total. The number of carbonyl (C=O) groups is 1. The maximum Gasteiger partial charge on any atom is 0.305 e. The molecule has 2 rings (SSSR count). The van der Waals surface area contributed by atoms with Gasteiger partial charge < -0.3 is 40.5 Å². The maximum atomic E-state index is 11.1. The number of aryl methyl sites for hydroxylation is 1. The van der Waals surface area contributed by atoms with E-state index in [-0.39, 0.29) is 36.2 Å². The number of nitrogens with one attached hydrogen (secondary N) is 2. The summed E-state index contributed by atoms with van der Waals surface area (Å²) in [6.07, 6.45) is 0.561. The lowest BCUT2D eigenvalue weighted by atomic mass is 9.99. The molecule has 0 aliphatic carbocycles. The van der Waals surface area contributed by atoms with E-state index in [2.05, 4.69) is 15.4 Å². The summed E-state index contributed by atoms with van der Waals surface area (Å²) in [4.78, 5) is 11.1. The molecular weight excluding hydrogens is 488 g/mol. The molecule has 3 unspecified atom stereocenters. The van der Waals surface area contributed by atoms with Gasteiger partial charge >= 0.3 is 5.97 Å². The predicted octanol–water partition coefficient (Wildman–Crippen LogP) is 3.44. The lowest BCUT2D eigenvalue weighted by molar-refractivity contribution is -0.140. The summed E-state index contributed by atoms with van der Waals surface area (Å²) in [5.41, 5.74) is 1.65. The number of aromatic hydroxyl groups is 2. The van der Waals surface area contributed by atoms with E-state index >= 15 is 0 Å². The van der Waals surface area contributed by atoms with Gasteiger partial charge in [0.25, 0.3) is 0 Å². The third kappa shape index (κ3) is 13.1. The zero-order valence-corrected chi connectivity index (χ0v) is 23.5. The van der Waals surface area contributed by atoms with Gasteiger partial charge in [-0.1, -0.05) is 52.8 Å². The summed E-state index contributed by atoms with van der Waals surface area (Å²) >= 11 is 0. The number of carbonyl (C=O) groups excluding carboxylic acids is 1. The van der Waals surface area contributed by atoms with Crippen LogP contribution in [0.15, 0.2) is 42.5 Å². The largest absolute Gasteiger partial charge is 0.504 e. The number of esters is 1. The number of phenolic OH excluding ortho intramolecular Hbond substituents is 2. The van der Waals surface area contributed by atoms with Gasteiger partial charge in [-0.25, -0.2) is 0 Å². The van der Waals surface area contributed by atoms with Gasteiger partial charge in [0.1, 0.15) is 18.5 Å². The molecule has 2 aromatic rings. The Morgan fingerprint density at radius 3 is 2.13 bits per heavy atom. The number of methoxy groups -OCH3 is 1. The fourth-order valence-corrected chi connectivity index (χ4v) is 3.54. The molecule has 0 aromatic heterocycles. The van der Waals surface area contributed by atoms with Crippen molar-refractivity contribution in [3.63, 3.8) is 0 Å². The highest BCUT2D eigenvalue weighted by molar-refractivity contribution is 5.69. The zero-order valence-electron chi connectivity index (χ0n) is 23.5. The van der Waals surface area contributed by atoms with Crippen LogP contribution in [0, 0.1) is 0 Å². The summed E-state index contributed by atoms with van der Waals surface area (Å²) < 4.78 is 10.1. The molecule has 0 saturated heterocycles. The molecular formula is C29H46N2O7. The first-order valence-corrected chi connectivity index (χ1v) is 13.1. The van der Waals surface area contributed by atoms with Gasteiger partial charge in [-0.05, 0) is 48.2 Å². The van der Waals surface area contributed by atoms with E-state index in [1.165, 1.54) is 19.2 Å². The number of hydrogen-bond acceptors (Lipinski definition) is 9. The number of phenols is 2. The number of aliphatic hydroxyl groups excluding tert-OH is 2. The van der Waals surface area contributed by atoms with E-state index < -0.39 is 12.2 Å². The molecule has 0 aliphatic heterocycles. The smallest absolute Gasteiger partial charge is 0.305 e. The second kappa shape index (κ2) is 17.6. The molecule has 0 fully saturated rings. The lowest BCUT2D eigenvalue weighted by Crippen LogP contribution is -2.38. The van der Waals surface area contributed by atoms with Crippen molar-refractivity contribution in [1.82, 2.24) is 10.6 Å². The van der Waals surface area contributed by atoms with Gasteiger partial charge in [-0.2, -0.15) is 0 Å². The molecule has 2 aromatic carbocycles. The van der Waals surface area contributed by atoms with Crippen LogP contribution in [-0.2, 0) is 16.0 Å². The maximum absolute atomic E-state index is 11.1. The van der Waals surface area contributed by atoms with Crippen LogP contribution in [0.3, 0.4) is 0 Å². The Bertz CT molecular complexity index is 935. The average molecular weight is 535 g/mol. The van der Waals surface area contributed by atoms with Gasteiger partial charge in [-0.3, -0.25) is 4.79 Å². The highest BCUT2D eigenvalue weighted by Crippen LogP contribution is 2.29. The summed E-state index contributed by atoms with van der Waals surface area (Å²) in [5, 5.41) is 45.0. The first-order chi connectivity index (χ1) is 18.0. The molecule has 214 valence electrons. The Labute approximate surface area is 226 Å². The van der Waals surface area contributed by atoms with E-state index in [0.717, 1.165) is 12.0 Å². The highest BCUT2D eigenvalue weighted by atomic mass is 16.5. The van der Waals surface area contributed by atoms with E-state index in [1.54, 1.807) is 6.07 Å². The van der Waals surface area contributed by atoms with E-state index in [1.807, 2.05) is 58.9 Å². The van der Waals surface area contributed by atoms with E-state index in [4.69, 9.17) is 4.74 Å². The van der Waals surface area contributed by atoms with Crippen LogP contribution in [-0.4, -0.2) is 70.9 Å². The number of hydrogen-bond donors (Lipinski definition) is 6. The van der Waals surface area contributed by atoms with Crippen LogP contribution in [0.2, 0.25) is 0 Å². The average Bonchev–Trinajstić information content (AvgIpc) is 2.89. The molecule has 0 heterocycles. The predicted molar refractivity (Wildman–Crippen MR) is 149 cm³/mol. The molecule has 0 amide bonds. The molecule has 0 spiro atoms. The second-order valence-corrected chi connectivity index (χ2v) is 9.78. The van der Waals surface area contributed by atoms with E-state index in [0.29, 0.717) is 36.7 Å². The van der Waals surface area contributed by atoms with Gasteiger partial charge in [0.15, 0.2) is 11.5 Å². The van der Waals surface area contributed by atoms with Crippen LogP contribution >= 0.6 is 0 Å². The van der Waals surface area contributed by atoms with Crippen molar-refractivity contribution in [1.29, 1.82) is 0 Å². The Hall–Kier alpha value is -2.85. The summed E-state index contributed by atoms with van der Waals surface area (Å²) in [5.74, 6) is 0.114. The van der Waals surface area contributed by atoms with Crippen LogP contribution in [0.25, 0.3) is 0 Å². The zero-order chi connectivity index (χ0) is 28.7.